The van der Waals surface area contributed by atoms with Crippen LogP contribution in [0.1, 0.15) is 31.9 Å². The van der Waals surface area contributed by atoms with Crippen LogP contribution in [0.5, 0.6) is 0 Å². The van der Waals surface area contributed by atoms with Crippen molar-refractivity contribution in [3.05, 3.63) is 16.0 Å². The van der Waals surface area contributed by atoms with Crippen LogP contribution in [0.3, 0.4) is 0 Å². The van der Waals surface area contributed by atoms with E-state index in [1.807, 2.05) is 13.8 Å². The molecule has 0 aliphatic carbocycles. The van der Waals surface area contributed by atoms with Crippen molar-refractivity contribution in [3.63, 3.8) is 0 Å². The summed E-state index contributed by atoms with van der Waals surface area (Å²) in [4.78, 5) is 10.8. The SMILES string of the molecule is CCC(C)c1no[nH]c1=O. The van der Waals surface area contributed by atoms with Gasteiger partial charge in [-0.1, -0.05) is 19.0 Å². The maximum atomic E-state index is 10.8. The monoisotopic (exact) mass is 142 g/mol. The molecule has 0 aliphatic rings. The molecule has 0 amide bonds. The van der Waals surface area contributed by atoms with Crippen LogP contribution < -0.4 is 5.56 Å². The first kappa shape index (κ1) is 7.05. The first-order chi connectivity index (χ1) is 4.75. The van der Waals surface area contributed by atoms with Crippen LogP contribution in [-0.2, 0) is 0 Å². The normalized spacial score (nSPS) is 13.4. The first-order valence-electron chi connectivity index (χ1n) is 3.30. The molecule has 0 radical (unpaired) electrons. The molecule has 1 unspecified atom stereocenters. The lowest BCUT2D eigenvalue weighted by molar-refractivity contribution is 0.298. The highest BCUT2D eigenvalue weighted by molar-refractivity contribution is 4.97. The third-order valence-corrected chi connectivity index (χ3v) is 1.59. The molecule has 0 aromatic carbocycles. The third-order valence-electron chi connectivity index (χ3n) is 1.59. The fraction of sp³-hybridized carbons (Fsp3) is 0.667. The molecule has 1 aromatic heterocycles. The van der Waals surface area contributed by atoms with Gasteiger partial charge in [-0.15, -0.1) is 0 Å². The topological polar surface area (TPSA) is 58.9 Å². The summed E-state index contributed by atoms with van der Waals surface area (Å²) >= 11 is 0. The van der Waals surface area contributed by atoms with Crippen LogP contribution in [0.2, 0.25) is 0 Å². The third kappa shape index (κ3) is 1.10. The summed E-state index contributed by atoms with van der Waals surface area (Å²) in [7, 11) is 0. The van der Waals surface area contributed by atoms with Crippen LogP contribution in [0.25, 0.3) is 0 Å². The summed E-state index contributed by atoms with van der Waals surface area (Å²) in [5, 5.41) is 5.69. The van der Waals surface area contributed by atoms with Gasteiger partial charge in [-0.25, -0.2) is 0 Å². The lowest BCUT2D eigenvalue weighted by Gasteiger charge is -1.97. The molecule has 0 saturated heterocycles. The van der Waals surface area contributed by atoms with Crippen LogP contribution in [-0.4, -0.2) is 10.3 Å². The van der Waals surface area contributed by atoms with Crippen LogP contribution in [0.15, 0.2) is 9.42 Å². The fourth-order valence-corrected chi connectivity index (χ4v) is 0.714. The minimum atomic E-state index is -0.214. The molecular weight excluding hydrogens is 132 g/mol. The number of H-pyrrole nitrogens is 1. The molecule has 0 bridgehead atoms. The van der Waals surface area contributed by atoms with Crippen molar-refractivity contribution < 1.29 is 4.63 Å². The number of aromatic nitrogens is 2. The Balaban J connectivity index is 2.93. The van der Waals surface area contributed by atoms with E-state index in [4.69, 9.17) is 0 Å². The van der Waals surface area contributed by atoms with Crippen molar-refractivity contribution in [1.82, 2.24) is 10.3 Å². The lowest BCUT2D eigenvalue weighted by atomic mass is 10.1. The highest BCUT2D eigenvalue weighted by Gasteiger charge is 2.10. The minimum absolute atomic E-state index is 0.183. The van der Waals surface area contributed by atoms with Crippen molar-refractivity contribution in [1.29, 1.82) is 0 Å². The molecule has 1 aromatic rings. The Bertz CT molecular complexity index is 250. The molecule has 4 heteroatoms. The smallest absolute Gasteiger partial charge is 0.267 e. The quantitative estimate of drug-likeness (QED) is 0.666. The largest absolute Gasteiger partial charge is 0.304 e. The number of nitrogens with zero attached hydrogens (tertiary/aromatic N) is 1. The van der Waals surface area contributed by atoms with E-state index in [0.29, 0.717) is 5.69 Å². The molecular formula is C6H10N2O2. The van der Waals surface area contributed by atoms with E-state index >= 15 is 0 Å². The van der Waals surface area contributed by atoms with E-state index < -0.39 is 0 Å². The van der Waals surface area contributed by atoms with E-state index in [1.165, 1.54) is 0 Å². The van der Waals surface area contributed by atoms with Gasteiger partial charge in [0.25, 0.3) is 0 Å². The molecule has 0 fully saturated rings. The second kappa shape index (κ2) is 2.68. The zero-order chi connectivity index (χ0) is 7.56. The molecule has 0 spiro atoms. The van der Waals surface area contributed by atoms with Crippen molar-refractivity contribution in [2.45, 2.75) is 26.2 Å². The lowest BCUT2D eigenvalue weighted by Crippen LogP contribution is -2.08. The summed E-state index contributed by atoms with van der Waals surface area (Å²) in [6.07, 6.45) is 0.898. The van der Waals surface area contributed by atoms with Gasteiger partial charge in [-0.3, -0.25) is 9.42 Å². The summed E-state index contributed by atoms with van der Waals surface area (Å²) in [6.45, 7) is 3.94. The average Bonchev–Trinajstić information content (AvgIpc) is 2.34. The highest BCUT2D eigenvalue weighted by Crippen LogP contribution is 2.10. The van der Waals surface area contributed by atoms with Crippen LogP contribution >= 0.6 is 0 Å². The molecule has 1 atom stereocenters. The Kier molecular flexibility index (Phi) is 1.89. The number of rotatable bonds is 2. The Labute approximate surface area is 58.2 Å². The second-order valence-electron chi connectivity index (χ2n) is 2.31. The van der Waals surface area contributed by atoms with Gasteiger partial charge in [0.1, 0.15) is 0 Å². The van der Waals surface area contributed by atoms with Gasteiger partial charge in [-0.2, -0.15) is 5.16 Å². The van der Waals surface area contributed by atoms with Gasteiger partial charge < -0.3 is 0 Å². The van der Waals surface area contributed by atoms with Gasteiger partial charge in [0.15, 0.2) is 5.69 Å². The maximum Gasteiger partial charge on any atom is 0.304 e. The molecule has 56 valence electrons. The van der Waals surface area contributed by atoms with Gasteiger partial charge in [-0.05, 0) is 6.42 Å². The number of hydrogen-bond acceptors (Lipinski definition) is 3. The van der Waals surface area contributed by atoms with Gasteiger partial charge in [0, 0.05) is 5.92 Å². The number of nitrogens with one attached hydrogen (secondary N) is 1. The minimum Gasteiger partial charge on any atom is -0.267 e. The van der Waals surface area contributed by atoms with Crippen LogP contribution in [0, 0.1) is 0 Å². The molecule has 1 N–H and O–H groups in total. The predicted molar refractivity (Wildman–Crippen MR) is 35.8 cm³/mol. The summed E-state index contributed by atoms with van der Waals surface area (Å²) in [6, 6.07) is 0. The molecule has 4 nitrogen and oxygen atoms in total. The van der Waals surface area contributed by atoms with Gasteiger partial charge in [0.05, 0.1) is 0 Å². The van der Waals surface area contributed by atoms with Crippen molar-refractivity contribution >= 4 is 0 Å². The molecule has 1 heterocycles. The average molecular weight is 142 g/mol. The molecule has 1 rings (SSSR count). The van der Waals surface area contributed by atoms with Crippen molar-refractivity contribution in [2.24, 2.45) is 0 Å². The van der Waals surface area contributed by atoms with E-state index in [9.17, 15) is 4.79 Å². The van der Waals surface area contributed by atoms with Crippen molar-refractivity contribution in [3.8, 4) is 0 Å². The predicted octanol–water partition coefficient (Wildman–Crippen LogP) is 0.876. The van der Waals surface area contributed by atoms with E-state index in [1.54, 1.807) is 0 Å². The number of aromatic amines is 1. The summed E-state index contributed by atoms with van der Waals surface area (Å²) in [5.41, 5.74) is 0.275. The maximum absolute atomic E-state index is 10.8. The molecule has 0 aliphatic heterocycles. The molecule has 0 saturated carbocycles. The standard InChI is InChI=1S/C6H10N2O2/c1-3-4(2)5-6(9)8-10-7-5/h4H,3H2,1-2H3,(H,8,9). The van der Waals surface area contributed by atoms with Gasteiger partial charge >= 0.3 is 5.56 Å². The summed E-state index contributed by atoms with van der Waals surface area (Å²) in [5.74, 6) is 0.183. The fourth-order valence-electron chi connectivity index (χ4n) is 0.714. The zero-order valence-corrected chi connectivity index (χ0v) is 6.05. The van der Waals surface area contributed by atoms with Crippen LogP contribution in [0.4, 0.5) is 0 Å². The Morgan fingerprint density at radius 1 is 1.80 bits per heavy atom. The number of hydrogen-bond donors (Lipinski definition) is 1. The zero-order valence-electron chi connectivity index (χ0n) is 6.05. The van der Waals surface area contributed by atoms with E-state index in [-0.39, 0.29) is 11.5 Å². The first-order valence-corrected chi connectivity index (χ1v) is 3.30. The van der Waals surface area contributed by atoms with E-state index in [0.717, 1.165) is 6.42 Å². The van der Waals surface area contributed by atoms with E-state index in [2.05, 4.69) is 14.9 Å². The Morgan fingerprint density at radius 2 is 2.50 bits per heavy atom. The van der Waals surface area contributed by atoms with Gasteiger partial charge in [0.2, 0.25) is 0 Å². The summed E-state index contributed by atoms with van der Waals surface area (Å²) < 4.78 is 4.38. The molecule has 10 heavy (non-hydrogen) atoms. The highest BCUT2D eigenvalue weighted by atomic mass is 16.6. The second-order valence-corrected chi connectivity index (χ2v) is 2.31. The van der Waals surface area contributed by atoms with Crippen molar-refractivity contribution in [2.75, 3.05) is 0 Å². The Hall–Kier alpha value is -1.06. The Morgan fingerprint density at radius 3 is 2.90 bits per heavy atom.